The zero-order valence-electron chi connectivity index (χ0n) is 21.6. The van der Waals surface area contributed by atoms with Crippen LogP contribution in [0.5, 0.6) is 11.5 Å². The van der Waals surface area contributed by atoms with E-state index in [2.05, 4.69) is 10.6 Å². The molecule has 0 aromatic heterocycles. The van der Waals surface area contributed by atoms with Crippen molar-refractivity contribution in [1.29, 1.82) is 0 Å². The van der Waals surface area contributed by atoms with Crippen LogP contribution in [0.2, 0.25) is 0 Å². The Morgan fingerprint density at radius 2 is 1.81 bits per heavy atom. The summed E-state index contributed by atoms with van der Waals surface area (Å²) in [4.78, 5) is 29.7. The molecule has 1 saturated heterocycles. The summed E-state index contributed by atoms with van der Waals surface area (Å²) in [6, 6.07) is 8.32. The van der Waals surface area contributed by atoms with E-state index in [1.165, 1.54) is 6.07 Å². The summed E-state index contributed by atoms with van der Waals surface area (Å²) in [5.41, 5.74) is 0.964. The Kier molecular flexibility index (Phi) is 7.87. The molecule has 2 aliphatic rings. The number of carbonyl (C=O) groups excluding carboxylic acids is 2. The Balaban J connectivity index is 1.56. The Labute approximate surface area is 215 Å². The Morgan fingerprint density at radius 1 is 1.05 bits per heavy atom. The van der Waals surface area contributed by atoms with Crippen LogP contribution < -0.4 is 20.1 Å². The normalized spacial score (nSPS) is 22.9. The SMILES string of the molecule is COc1ccc(C23CCC(NC(=O)Nc4ccc(F)c(F)c4)CC2N(C(=O)CN(C)C)CC3)cc1OC. The highest BCUT2D eigenvalue weighted by molar-refractivity contribution is 5.89. The van der Waals surface area contributed by atoms with Gasteiger partial charge in [0.2, 0.25) is 5.91 Å². The van der Waals surface area contributed by atoms with Crippen molar-refractivity contribution >= 4 is 17.6 Å². The van der Waals surface area contributed by atoms with Crippen LogP contribution in [0.25, 0.3) is 0 Å². The van der Waals surface area contributed by atoms with E-state index in [-0.39, 0.29) is 29.1 Å². The molecule has 3 unspecified atom stereocenters. The first-order chi connectivity index (χ1) is 17.7. The summed E-state index contributed by atoms with van der Waals surface area (Å²) in [5.74, 6) is -0.687. The highest BCUT2D eigenvalue weighted by atomic mass is 19.2. The second kappa shape index (κ2) is 10.9. The van der Waals surface area contributed by atoms with Crippen molar-refractivity contribution in [2.75, 3.05) is 46.7 Å². The van der Waals surface area contributed by atoms with Crippen molar-refractivity contribution in [3.05, 3.63) is 53.6 Å². The van der Waals surface area contributed by atoms with Gasteiger partial charge in [0, 0.05) is 35.8 Å². The number of halogens is 2. The minimum absolute atomic E-state index is 0.0456. The molecule has 8 nitrogen and oxygen atoms in total. The molecule has 2 N–H and O–H groups in total. The smallest absolute Gasteiger partial charge is 0.319 e. The Hall–Kier alpha value is -3.40. The molecule has 1 heterocycles. The summed E-state index contributed by atoms with van der Waals surface area (Å²) < 4.78 is 37.8. The molecule has 1 aliphatic carbocycles. The van der Waals surface area contributed by atoms with E-state index < -0.39 is 17.7 Å². The standard InChI is InChI=1S/C27H34F2N4O4/c1-32(2)16-25(34)33-12-11-27(17-5-8-22(36-3)23(13-17)37-4)10-9-19(15-24(27)33)31-26(35)30-18-6-7-20(28)21(29)14-18/h5-8,13-14,19,24H,9-12,15-16H2,1-4H3,(H2,30,31,35). The van der Waals surface area contributed by atoms with E-state index in [9.17, 15) is 18.4 Å². The van der Waals surface area contributed by atoms with Crippen molar-refractivity contribution in [2.45, 2.75) is 43.2 Å². The topological polar surface area (TPSA) is 83.1 Å². The molecule has 2 aromatic carbocycles. The van der Waals surface area contributed by atoms with E-state index >= 15 is 0 Å². The number of nitrogens with zero attached hydrogens (tertiary/aromatic N) is 2. The van der Waals surface area contributed by atoms with Gasteiger partial charge in [0.25, 0.3) is 0 Å². The zero-order valence-corrected chi connectivity index (χ0v) is 21.6. The second-order valence-electron chi connectivity index (χ2n) is 10.0. The first-order valence-corrected chi connectivity index (χ1v) is 12.4. The molecule has 1 saturated carbocycles. The fourth-order valence-electron chi connectivity index (χ4n) is 5.75. The first kappa shape index (κ1) is 26.7. The molecule has 2 aromatic rings. The Morgan fingerprint density at radius 3 is 2.49 bits per heavy atom. The second-order valence-corrected chi connectivity index (χ2v) is 10.0. The highest BCUT2D eigenvalue weighted by Crippen LogP contribution is 2.50. The lowest BCUT2D eigenvalue weighted by molar-refractivity contribution is -0.133. The predicted octanol–water partition coefficient (Wildman–Crippen LogP) is 3.76. The number of benzene rings is 2. The molecule has 0 spiro atoms. The summed E-state index contributed by atoms with van der Waals surface area (Å²) in [6.45, 7) is 0.923. The van der Waals surface area contributed by atoms with Crippen molar-refractivity contribution in [1.82, 2.24) is 15.1 Å². The lowest BCUT2D eigenvalue weighted by Crippen LogP contribution is -2.54. The van der Waals surface area contributed by atoms with E-state index in [1.54, 1.807) is 14.2 Å². The quantitative estimate of drug-likeness (QED) is 0.586. The van der Waals surface area contributed by atoms with Gasteiger partial charge in [0.05, 0.1) is 20.8 Å². The number of methoxy groups -OCH3 is 2. The number of hydrogen-bond donors (Lipinski definition) is 2. The van der Waals surface area contributed by atoms with Gasteiger partial charge in [-0.05, 0) is 69.6 Å². The van der Waals surface area contributed by atoms with Crippen LogP contribution in [0.15, 0.2) is 36.4 Å². The third-order valence-corrected chi connectivity index (χ3v) is 7.50. The minimum atomic E-state index is -1.03. The third kappa shape index (κ3) is 5.49. The fourth-order valence-corrected chi connectivity index (χ4v) is 5.75. The summed E-state index contributed by atoms with van der Waals surface area (Å²) in [6.07, 6.45) is 2.83. The lowest BCUT2D eigenvalue weighted by atomic mass is 9.65. The van der Waals surface area contributed by atoms with E-state index in [4.69, 9.17) is 9.47 Å². The fraction of sp³-hybridized carbons (Fsp3) is 0.481. The largest absolute Gasteiger partial charge is 0.493 e. The number of ether oxygens (including phenoxy) is 2. The minimum Gasteiger partial charge on any atom is -0.493 e. The summed E-state index contributed by atoms with van der Waals surface area (Å²) in [5, 5.41) is 5.54. The molecule has 3 atom stereocenters. The van der Waals surface area contributed by atoms with Gasteiger partial charge in [-0.3, -0.25) is 4.79 Å². The molecule has 2 fully saturated rings. The van der Waals surface area contributed by atoms with Crippen LogP contribution in [0.3, 0.4) is 0 Å². The van der Waals surface area contributed by atoms with Crippen molar-refractivity contribution in [3.8, 4) is 11.5 Å². The molecule has 37 heavy (non-hydrogen) atoms. The number of likely N-dealkylation sites (N-methyl/N-ethyl adjacent to an activating group) is 1. The number of nitrogens with one attached hydrogen (secondary N) is 2. The van der Waals surface area contributed by atoms with Crippen molar-refractivity contribution < 1.29 is 27.8 Å². The number of likely N-dealkylation sites (tertiary alicyclic amines) is 1. The average molecular weight is 517 g/mol. The molecule has 0 bridgehead atoms. The van der Waals surface area contributed by atoms with Gasteiger partial charge in [-0.2, -0.15) is 0 Å². The molecule has 10 heteroatoms. The van der Waals surface area contributed by atoms with Gasteiger partial charge in [0.1, 0.15) is 0 Å². The number of urea groups is 1. The number of anilines is 1. The molecule has 1 aliphatic heterocycles. The maximum absolute atomic E-state index is 13.5. The zero-order chi connectivity index (χ0) is 26.7. The number of amides is 3. The number of rotatable bonds is 7. The van der Waals surface area contributed by atoms with Crippen LogP contribution in [0, 0.1) is 11.6 Å². The maximum Gasteiger partial charge on any atom is 0.319 e. The Bertz CT molecular complexity index is 1160. The number of fused-ring (bicyclic) bond motifs is 1. The molecule has 3 amide bonds. The molecular formula is C27H34F2N4O4. The average Bonchev–Trinajstić information content (AvgIpc) is 3.25. The number of carbonyl (C=O) groups is 2. The van der Waals surface area contributed by atoms with Crippen molar-refractivity contribution in [2.24, 2.45) is 0 Å². The summed E-state index contributed by atoms with van der Waals surface area (Å²) >= 11 is 0. The molecule has 0 radical (unpaired) electrons. The number of hydrogen-bond acceptors (Lipinski definition) is 5. The molecule has 200 valence electrons. The summed E-state index contributed by atoms with van der Waals surface area (Å²) in [7, 11) is 6.93. The van der Waals surface area contributed by atoms with Gasteiger partial charge in [-0.1, -0.05) is 6.07 Å². The van der Waals surface area contributed by atoms with E-state index in [0.29, 0.717) is 37.4 Å². The van der Waals surface area contributed by atoms with Crippen molar-refractivity contribution in [3.63, 3.8) is 0 Å². The lowest BCUT2D eigenvalue weighted by Gasteiger charge is -2.45. The van der Waals surface area contributed by atoms with E-state index in [1.807, 2.05) is 42.1 Å². The van der Waals surface area contributed by atoms with Gasteiger partial charge in [-0.25, -0.2) is 13.6 Å². The van der Waals surface area contributed by atoms with Gasteiger partial charge in [-0.15, -0.1) is 0 Å². The van der Waals surface area contributed by atoms with Crippen LogP contribution in [-0.2, 0) is 10.2 Å². The van der Waals surface area contributed by atoms with Crippen LogP contribution in [-0.4, -0.2) is 75.2 Å². The highest BCUT2D eigenvalue weighted by Gasteiger charge is 2.53. The monoisotopic (exact) mass is 516 g/mol. The predicted molar refractivity (Wildman–Crippen MR) is 136 cm³/mol. The van der Waals surface area contributed by atoms with Gasteiger partial charge in [0.15, 0.2) is 23.1 Å². The van der Waals surface area contributed by atoms with Crippen LogP contribution >= 0.6 is 0 Å². The third-order valence-electron chi connectivity index (χ3n) is 7.50. The van der Waals surface area contributed by atoms with Crippen LogP contribution in [0.1, 0.15) is 31.2 Å². The maximum atomic E-state index is 13.5. The van der Waals surface area contributed by atoms with Gasteiger partial charge >= 0.3 is 6.03 Å². The van der Waals surface area contributed by atoms with E-state index in [0.717, 1.165) is 30.5 Å². The molecular weight excluding hydrogens is 482 g/mol. The van der Waals surface area contributed by atoms with Gasteiger partial charge < -0.3 is 29.9 Å². The molecule has 4 rings (SSSR count). The first-order valence-electron chi connectivity index (χ1n) is 12.4. The van der Waals surface area contributed by atoms with Crippen LogP contribution in [0.4, 0.5) is 19.3 Å².